The molecule has 1 saturated heterocycles. The average Bonchev–Trinajstić information content (AvgIpc) is 2.44. The van der Waals surface area contributed by atoms with Gasteiger partial charge in [0.15, 0.2) is 0 Å². The van der Waals surface area contributed by atoms with Crippen molar-refractivity contribution in [3.63, 3.8) is 0 Å². The maximum absolute atomic E-state index is 4.15. The van der Waals surface area contributed by atoms with E-state index in [9.17, 15) is 0 Å². The summed E-state index contributed by atoms with van der Waals surface area (Å²) in [5, 5.41) is 3.48. The van der Waals surface area contributed by atoms with Crippen LogP contribution in [0.1, 0.15) is 13.3 Å². The first-order valence-corrected chi connectivity index (χ1v) is 5.24. The lowest BCUT2D eigenvalue weighted by Crippen LogP contribution is -2.35. The third-order valence-corrected chi connectivity index (χ3v) is 2.60. The van der Waals surface area contributed by atoms with Crippen LogP contribution in [0, 0.1) is 0 Å². The Labute approximate surface area is 85.1 Å². The molecule has 2 rings (SSSR count). The Morgan fingerprint density at radius 3 is 3.29 bits per heavy atom. The second-order valence-electron chi connectivity index (χ2n) is 3.87. The molecule has 0 aliphatic carbocycles. The van der Waals surface area contributed by atoms with Gasteiger partial charge < -0.3 is 10.2 Å². The van der Waals surface area contributed by atoms with Crippen molar-refractivity contribution in [3.05, 3.63) is 24.5 Å². The number of nitrogens with zero attached hydrogens (tertiary/aromatic N) is 2. The smallest absolute Gasteiger partial charge is 0.0553 e. The third-order valence-electron chi connectivity index (χ3n) is 2.60. The van der Waals surface area contributed by atoms with E-state index in [1.54, 1.807) is 0 Å². The molecule has 0 amide bonds. The molecule has 0 aromatic carbocycles. The van der Waals surface area contributed by atoms with Gasteiger partial charge in [-0.15, -0.1) is 0 Å². The maximum Gasteiger partial charge on any atom is 0.0553 e. The number of aromatic nitrogens is 1. The van der Waals surface area contributed by atoms with Gasteiger partial charge in [0.25, 0.3) is 0 Å². The van der Waals surface area contributed by atoms with Crippen LogP contribution in [-0.4, -0.2) is 30.7 Å². The third kappa shape index (κ3) is 2.23. The Bertz CT molecular complexity index is 273. The van der Waals surface area contributed by atoms with E-state index >= 15 is 0 Å². The second-order valence-corrected chi connectivity index (χ2v) is 3.87. The van der Waals surface area contributed by atoms with E-state index in [1.165, 1.54) is 12.1 Å². The first-order valence-electron chi connectivity index (χ1n) is 5.24. The molecule has 0 saturated carbocycles. The Morgan fingerprint density at radius 2 is 2.50 bits per heavy atom. The molecule has 1 aliphatic rings. The van der Waals surface area contributed by atoms with E-state index in [-0.39, 0.29) is 0 Å². The van der Waals surface area contributed by atoms with E-state index < -0.39 is 0 Å². The van der Waals surface area contributed by atoms with Crippen molar-refractivity contribution in [1.29, 1.82) is 0 Å². The molecule has 1 aromatic rings. The van der Waals surface area contributed by atoms with Crippen molar-refractivity contribution < 1.29 is 0 Å². The molecular formula is C11H17N3. The zero-order chi connectivity index (χ0) is 9.80. The molecule has 1 N–H and O–H groups in total. The Hall–Kier alpha value is -1.09. The first kappa shape index (κ1) is 9.46. The average molecular weight is 191 g/mol. The molecule has 0 bridgehead atoms. The Balaban J connectivity index is 2.09. The van der Waals surface area contributed by atoms with E-state index in [1.807, 2.05) is 18.5 Å². The van der Waals surface area contributed by atoms with Crippen molar-refractivity contribution in [1.82, 2.24) is 10.3 Å². The molecule has 1 unspecified atom stereocenters. The normalized spacial score (nSPS) is 23.2. The van der Waals surface area contributed by atoms with Crippen LogP contribution in [0.3, 0.4) is 0 Å². The van der Waals surface area contributed by atoms with Gasteiger partial charge in [-0.2, -0.15) is 0 Å². The minimum Gasteiger partial charge on any atom is -0.369 e. The van der Waals surface area contributed by atoms with E-state index in [0.717, 1.165) is 19.6 Å². The summed E-state index contributed by atoms with van der Waals surface area (Å²) in [6, 6.07) is 4.70. The first-order chi connectivity index (χ1) is 6.86. The lowest BCUT2D eigenvalue weighted by molar-refractivity contribution is 0.584. The molecule has 76 valence electrons. The van der Waals surface area contributed by atoms with Gasteiger partial charge in [-0.25, -0.2) is 0 Å². The number of rotatable bonds is 1. The summed E-state index contributed by atoms with van der Waals surface area (Å²) < 4.78 is 0. The standard InChI is InChI=1S/C11H17N3/c1-10-9-14(7-3-6-13-10)11-4-2-5-12-8-11/h2,4-5,8,10,13H,3,6-7,9H2,1H3. The second kappa shape index (κ2) is 4.42. The minimum atomic E-state index is 0.567. The number of hydrogen-bond donors (Lipinski definition) is 1. The van der Waals surface area contributed by atoms with E-state index in [4.69, 9.17) is 0 Å². The summed E-state index contributed by atoms with van der Waals surface area (Å²) >= 11 is 0. The number of nitrogens with one attached hydrogen (secondary N) is 1. The van der Waals surface area contributed by atoms with E-state index in [0.29, 0.717) is 6.04 Å². The highest BCUT2D eigenvalue weighted by Gasteiger charge is 2.13. The van der Waals surface area contributed by atoms with Crippen LogP contribution in [-0.2, 0) is 0 Å². The predicted molar refractivity (Wildman–Crippen MR) is 58.5 cm³/mol. The quantitative estimate of drug-likeness (QED) is 0.724. The topological polar surface area (TPSA) is 28.2 Å². The van der Waals surface area contributed by atoms with Crippen LogP contribution in [0.4, 0.5) is 5.69 Å². The van der Waals surface area contributed by atoms with Crippen molar-refractivity contribution in [3.8, 4) is 0 Å². The van der Waals surface area contributed by atoms with Gasteiger partial charge in [0, 0.05) is 25.3 Å². The van der Waals surface area contributed by atoms with Crippen LogP contribution < -0.4 is 10.2 Å². The summed E-state index contributed by atoms with van der Waals surface area (Å²) in [5.41, 5.74) is 1.24. The lowest BCUT2D eigenvalue weighted by Gasteiger charge is -2.24. The molecule has 3 nitrogen and oxygen atoms in total. The molecule has 1 atom stereocenters. The van der Waals surface area contributed by atoms with Crippen LogP contribution in [0.2, 0.25) is 0 Å². The monoisotopic (exact) mass is 191 g/mol. The highest BCUT2D eigenvalue weighted by molar-refractivity contribution is 5.43. The van der Waals surface area contributed by atoms with Crippen LogP contribution in [0.5, 0.6) is 0 Å². The van der Waals surface area contributed by atoms with Gasteiger partial charge in [0.2, 0.25) is 0 Å². The molecule has 14 heavy (non-hydrogen) atoms. The summed E-state index contributed by atoms with van der Waals surface area (Å²) in [6.45, 7) is 5.56. The van der Waals surface area contributed by atoms with Crippen LogP contribution in [0.15, 0.2) is 24.5 Å². The largest absolute Gasteiger partial charge is 0.369 e. The SMILES string of the molecule is CC1CN(c2cccnc2)CCCN1. The van der Waals surface area contributed by atoms with E-state index in [2.05, 4.69) is 28.2 Å². The fourth-order valence-electron chi connectivity index (χ4n) is 1.88. The molecule has 0 spiro atoms. The summed E-state index contributed by atoms with van der Waals surface area (Å²) in [7, 11) is 0. The lowest BCUT2D eigenvalue weighted by atomic mass is 10.3. The molecule has 1 aliphatic heterocycles. The zero-order valence-corrected chi connectivity index (χ0v) is 8.61. The number of pyridine rings is 1. The highest BCUT2D eigenvalue weighted by Crippen LogP contribution is 2.13. The minimum absolute atomic E-state index is 0.567. The predicted octanol–water partition coefficient (Wildman–Crippen LogP) is 1.27. The van der Waals surface area contributed by atoms with Gasteiger partial charge in [-0.1, -0.05) is 0 Å². The molecule has 2 heterocycles. The summed E-state index contributed by atoms with van der Waals surface area (Å²) in [5.74, 6) is 0. The number of hydrogen-bond acceptors (Lipinski definition) is 3. The van der Waals surface area contributed by atoms with Crippen LogP contribution in [0.25, 0.3) is 0 Å². The molecular weight excluding hydrogens is 174 g/mol. The molecule has 1 fully saturated rings. The van der Waals surface area contributed by atoms with Crippen molar-refractivity contribution in [2.24, 2.45) is 0 Å². The molecule has 3 heteroatoms. The van der Waals surface area contributed by atoms with Crippen molar-refractivity contribution in [2.45, 2.75) is 19.4 Å². The van der Waals surface area contributed by atoms with Crippen LogP contribution >= 0.6 is 0 Å². The maximum atomic E-state index is 4.15. The summed E-state index contributed by atoms with van der Waals surface area (Å²) in [6.07, 6.45) is 4.97. The number of anilines is 1. The van der Waals surface area contributed by atoms with Gasteiger partial charge in [-0.05, 0) is 32.0 Å². The van der Waals surface area contributed by atoms with Gasteiger partial charge in [0.1, 0.15) is 0 Å². The van der Waals surface area contributed by atoms with Gasteiger partial charge in [-0.3, -0.25) is 4.98 Å². The molecule has 0 radical (unpaired) electrons. The fourth-order valence-corrected chi connectivity index (χ4v) is 1.88. The summed E-state index contributed by atoms with van der Waals surface area (Å²) in [4.78, 5) is 6.55. The Morgan fingerprint density at radius 1 is 1.57 bits per heavy atom. The van der Waals surface area contributed by atoms with Crippen molar-refractivity contribution >= 4 is 5.69 Å². The molecule has 1 aromatic heterocycles. The highest BCUT2D eigenvalue weighted by atomic mass is 15.2. The van der Waals surface area contributed by atoms with Crippen molar-refractivity contribution in [2.75, 3.05) is 24.5 Å². The fraction of sp³-hybridized carbons (Fsp3) is 0.545. The zero-order valence-electron chi connectivity index (χ0n) is 8.61. The van der Waals surface area contributed by atoms with Gasteiger partial charge in [0.05, 0.1) is 11.9 Å². The Kier molecular flexibility index (Phi) is 2.99. The van der Waals surface area contributed by atoms with Gasteiger partial charge >= 0.3 is 0 Å².